The van der Waals surface area contributed by atoms with Gasteiger partial charge in [-0.15, -0.1) is 0 Å². The first-order valence-electron chi connectivity index (χ1n) is 6.41. The highest BCUT2D eigenvalue weighted by molar-refractivity contribution is 6.52. The molecule has 0 aromatic heterocycles. The van der Waals surface area contributed by atoms with Crippen LogP contribution in [0.15, 0.2) is 30.2 Å². The van der Waals surface area contributed by atoms with Crippen molar-refractivity contribution < 1.29 is 9.31 Å². The minimum absolute atomic E-state index is 0.267. The Hall–Kier alpha value is -1.06. The van der Waals surface area contributed by atoms with E-state index in [9.17, 15) is 0 Å². The summed E-state index contributed by atoms with van der Waals surface area (Å²) in [4.78, 5) is 0. The number of aryl methyl sites for hydroxylation is 1. The van der Waals surface area contributed by atoms with E-state index in [0.29, 0.717) is 0 Å². The van der Waals surface area contributed by atoms with Gasteiger partial charge in [-0.2, -0.15) is 0 Å². The van der Waals surface area contributed by atoms with Crippen molar-refractivity contribution in [2.75, 3.05) is 0 Å². The second kappa shape index (κ2) is 4.56. The van der Waals surface area contributed by atoms with Crippen LogP contribution in [0.1, 0.15) is 38.8 Å². The molecule has 1 heterocycles. The fourth-order valence-corrected chi connectivity index (χ4v) is 1.83. The van der Waals surface area contributed by atoms with Gasteiger partial charge in [-0.3, -0.25) is 0 Å². The van der Waals surface area contributed by atoms with Crippen molar-refractivity contribution in [1.82, 2.24) is 0 Å². The molecule has 0 unspecified atom stereocenters. The largest absolute Gasteiger partial charge is 0.487 e. The van der Waals surface area contributed by atoms with Gasteiger partial charge in [0.25, 0.3) is 0 Å². The average Bonchev–Trinajstić information content (AvgIpc) is 2.47. The van der Waals surface area contributed by atoms with Crippen LogP contribution in [0.3, 0.4) is 0 Å². The number of rotatable bonds is 2. The Kier molecular flexibility index (Phi) is 3.39. The molecule has 0 aliphatic carbocycles. The van der Waals surface area contributed by atoms with Gasteiger partial charge in [0, 0.05) is 0 Å². The summed E-state index contributed by atoms with van der Waals surface area (Å²) in [6, 6.07) is 8.39. The summed E-state index contributed by atoms with van der Waals surface area (Å²) in [6.07, 6.45) is 2.04. The van der Waals surface area contributed by atoms with Gasteiger partial charge < -0.3 is 9.31 Å². The molecule has 18 heavy (non-hydrogen) atoms. The van der Waals surface area contributed by atoms with Crippen LogP contribution in [0, 0.1) is 6.92 Å². The standard InChI is InChI=1S/C15H21BO2/c1-12-6-8-13(9-7-12)10-11-16-17-14(2,3)15(4,5)18-16/h6-11H,1-5H3/b11-10+. The molecule has 1 fully saturated rings. The van der Waals surface area contributed by atoms with Crippen LogP contribution >= 0.6 is 0 Å². The normalized spacial score (nSPS) is 21.7. The maximum absolute atomic E-state index is 5.90. The molecule has 2 nitrogen and oxygen atoms in total. The smallest absolute Gasteiger partial charge is 0.400 e. The van der Waals surface area contributed by atoms with E-state index < -0.39 is 0 Å². The van der Waals surface area contributed by atoms with E-state index >= 15 is 0 Å². The molecule has 0 bridgehead atoms. The zero-order valence-corrected chi connectivity index (χ0v) is 11.9. The molecule has 2 rings (SSSR count). The summed E-state index contributed by atoms with van der Waals surface area (Å²) in [5.74, 6) is 1.97. The number of hydrogen-bond acceptors (Lipinski definition) is 2. The van der Waals surface area contributed by atoms with Crippen molar-refractivity contribution in [3.8, 4) is 0 Å². The van der Waals surface area contributed by atoms with Crippen LogP contribution in [0.4, 0.5) is 0 Å². The Bertz CT molecular complexity index is 430. The van der Waals surface area contributed by atoms with Crippen molar-refractivity contribution in [2.24, 2.45) is 0 Å². The summed E-state index contributed by atoms with van der Waals surface area (Å²) < 4.78 is 11.8. The van der Waals surface area contributed by atoms with Gasteiger partial charge in [-0.05, 0) is 40.2 Å². The lowest BCUT2D eigenvalue weighted by Crippen LogP contribution is -2.41. The third-order valence-corrected chi connectivity index (χ3v) is 3.79. The summed E-state index contributed by atoms with van der Waals surface area (Å²) in [7, 11) is -0.267. The lowest BCUT2D eigenvalue weighted by atomic mass is 9.89. The average molecular weight is 244 g/mol. The molecule has 96 valence electrons. The Balaban J connectivity index is 2.06. The Morgan fingerprint density at radius 1 is 0.944 bits per heavy atom. The van der Waals surface area contributed by atoms with Crippen LogP contribution in [0.5, 0.6) is 0 Å². The Morgan fingerprint density at radius 3 is 1.94 bits per heavy atom. The first-order valence-corrected chi connectivity index (χ1v) is 6.41. The predicted octanol–water partition coefficient (Wildman–Crippen LogP) is 3.64. The highest BCUT2D eigenvalue weighted by Crippen LogP contribution is 2.36. The van der Waals surface area contributed by atoms with Crippen LogP contribution in [0.25, 0.3) is 6.08 Å². The van der Waals surface area contributed by atoms with E-state index in [2.05, 4.69) is 58.9 Å². The maximum atomic E-state index is 5.90. The van der Waals surface area contributed by atoms with Crippen molar-refractivity contribution >= 4 is 13.2 Å². The third kappa shape index (κ3) is 2.68. The van der Waals surface area contributed by atoms with Gasteiger partial charge in [-0.1, -0.05) is 41.9 Å². The fourth-order valence-electron chi connectivity index (χ4n) is 1.83. The van der Waals surface area contributed by atoms with E-state index in [0.717, 1.165) is 5.56 Å². The minimum Gasteiger partial charge on any atom is -0.400 e. The van der Waals surface area contributed by atoms with Gasteiger partial charge in [0.05, 0.1) is 11.2 Å². The lowest BCUT2D eigenvalue weighted by molar-refractivity contribution is 0.00578. The lowest BCUT2D eigenvalue weighted by Gasteiger charge is -2.32. The van der Waals surface area contributed by atoms with Crippen molar-refractivity contribution in [3.63, 3.8) is 0 Å². The first kappa shape index (κ1) is 13.4. The molecule has 0 amide bonds. The zero-order valence-electron chi connectivity index (χ0n) is 11.9. The van der Waals surface area contributed by atoms with E-state index in [-0.39, 0.29) is 18.3 Å². The monoisotopic (exact) mass is 244 g/mol. The summed E-state index contributed by atoms with van der Waals surface area (Å²) >= 11 is 0. The Labute approximate surface area is 110 Å². The molecule has 0 N–H and O–H groups in total. The first-order chi connectivity index (χ1) is 8.30. The quantitative estimate of drug-likeness (QED) is 0.739. The van der Waals surface area contributed by atoms with Gasteiger partial charge in [0.1, 0.15) is 0 Å². The van der Waals surface area contributed by atoms with Gasteiger partial charge in [0.2, 0.25) is 0 Å². The summed E-state index contributed by atoms with van der Waals surface area (Å²) in [6.45, 7) is 10.3. The molecule has 0 saturated carbocycles. The van der Waals surface area contributed by atoms with Crippen LogP contribution in [0.2, 0.25) is 0 Å². The summed E-state index contributed by atoms with van der Waals surface area (Å²) in [5.41, 5.74) is 1.89. The van der Waals surface area contributed by atoms with E-state index in [1.165, 1.54) is 5.56 Å². The van der Waals surface area contributed by atoms with Crippen LogP contribution in [-0.4, -0.2) is 18.3 Å². The van der Waals surface area contributed by atoms with Crippen LogP contribution < -0.4 is 0 Å². The van der Waals surface area contributed by atoms with E-state index in [1.54, 1.807) is 0 Å². The van der Waals surface area contributed by atoms with Crippen molar-refractivity contribution in [1.29, 1.82) is 0 Å². The third-order valence-electron chi connectivity index (χ3n) is 3.79. The molecule has 3 heteroatoms. The molecule has 1 aromatic rings. The number of benzene rings is 1. The van der Waals surface area contributed by atoms with E-state index in [4.69, 9.17) is 9.31 Å². The maximum Gasteiger partial charge on any atom is 0.487 e. The SMILES string of the molecule is Cc1ccc(/C=C/B2OC(C)(C)C(C)(C)O2)cc1. The summed E-state index contributed by atoms with van der Waals surface area (Å²) in [5, 5.41) is 0. The highest BCUT2D eigenvalue weighted by Gasteiger charge is 2.49. The van der Waals surface area contributed by atoms with Crippen molar-refractivity contribution in [3.05, 3.63) is 41.4 Å². The molecule has 0 atom stereocenters. The molecule has 0 spiro atoms. The molecule has 1 saturated heterocycles. The minimum atomic E-state index is -0.269. The fraction of sp³-hybridized carbons (Fsp3) is 0.467. The molecule has 1 aliphatic rings. The van der Waals surface area contributed by atoms with E-state index in [1.807, 2.05) is 12.1 Å². The van der Waals surface area contributed by atoms with Gasteiger partial charge in [-0.25, -0.2) is 0 Å². The predicted molar refractivity (Wildman–Crippen MR) is 76.3 cm³/mol. The number of hydrogen-bond donors (Lipinski definition) is 0. The molecular weight excluding hydrogens is 223 g/mol. The van der Waals surface area contributed by atoms with Gasteiger partial charge >= 0.3 is 7.12 Å². The van der Waals surface area contributed by atoms with Crippen LogP contribution in [-0.2, 0) is 9.31 Å². The van der Waals surface area contributed by atoms with Gasteiger partial charge in [0.15, 0.2) is 0 Å². The second-order valence-corrected chi connectivity index (χ2v) is 5.89. The molecular formula is C15H21BO2. The zero-order chi connectivity index (χ0) is 13.4. The van der Waals surface area contributed by atoms with Crippen molar-refractivity contribution in [2.45, 2.75) is 45.8 Å². The topological polar surface area (TPSA) is 18.5 Å². The molecule has 0 radical (unpaired) electrons. The second-order valence-electron chi connectivity index (χ2n) is 5.89. The highest BCUT2D eigenvalue weighted by atomic mass is 16.7. The molecule has 1 aromatic carbocycles. The molecule has 1 aliphatic heterocycles. The Morgan fingerprint density at radius 2 is 1.44 bits per heavy atom.